The third-order valence-corrected chi connectivity index (χ3v) is 6.18. The molecule has 1 fully saturated rings. The lowest BCUT2D eigenvalue weighted by atomic mass is 9.99. The van der Waals surface area contributed by atoms with Gasteiger partial charge in [-0.3, -0.25) is 9.79 Å². The van der Waals surface area contributed by atoms with Crippen LogP contribution in [0.15, 0.2) is 29.3 Å². The van der Waals surface area contributed by atoms with Crippen molar-refractivity contribution in [2.45, 2.75) is 24.0 Å². The molecular formula is C19H30N4O2S. The molecule has 6 nitrogen and oxygen atoms in total. The van der Waals surface area contributed by atoms with Crippen LogP contribution in [-0.4, -0.2) is 63.3 Å². The second kappa shape index (κ2) is 10.4. The summed E-state index contributed by atoms with van der Waals surface area (Å²) < 4.78 is 5.71. The van der Waals surface area contributed by atoms with Gasteiger partial charge in [-0.25, -0.2) is 0 Å². The minimum atomic E-state index is -0.0592. The Bertz CT molecular complexity index is 615. The van der Waals surface area contributed by atoms with Crippen LogP contribution < -0.4 is 16.0 Å². The summed E-state index contributed by atoms with van der Waals surface area (Å²) in [6, 6.07) is 7.71. The normalized spacial score (nSPS) is 16.8. The molecule has 0 saturated carbocycles. The van der Waals surface area contributed by atoms with Gasteiger partial charge in [0.25, 0.3) is 5.91 Å². The summed E-state index contributed by atoms with van der Waals surface area (Å²) in [4.78, 5) is 16.0. The number of hydrogen-bond acceptors (Lipinski definition) is 4. The number of guanidine groups is 1. The second-order valence-corrected chi connectivity index (χ2v) is 7.66. The average Bonchev–Trinajstić information content (AvgIpc) is 2.70. The highest BCUT2D eigenvalue weighted by molar-refractivity contribution is 8.00. The van der Waals surface area contributed by atoms with Crippen LogP contribution in [0.5, 0.6) is 0 Å². The van der Waals surface area contributed by atoms with E-state index in [1.54, 1.807) is 14.1 Å². The van der Waals surface area contributed by atoms with Gasteiger partial charge in [0.2, 0.25) is 0 Å². The highest BCUT2D eigenvalue weighted by Crippen LogP contribution is 2.32. The first-order chi connectivity index (χ1) is 12.6. The monoisotopic (exact) mass is 378 g/mol. The van der Waals surface area contributed by atoms with Crippen molar-refractivity contribution >= 4 is 23.6 Å². The van der Waals surface area contributed by atoms with Crippen LogP contribution in [0.4, 0.5) is 0 Å². The van der Waals surface area contributed by atoms with Crippen LogP contribution in [-0.2, 0) is 11.2 Å². The maximum absolute atomic E-state index is 11.7. The van der Waals surface area contributed by atoms with Gasteiger partial charge in [0.05, 0.1) is 0 Å². The number of nitrogens with zero attached hydrogens (tertiary/aromatic N) is 1. The number of ether oxygens (including phenoxy) is 1. The number of aliphatic imine (C=N–C) groups is 1. The summed E-state index contributed by atoms with van der Waals surface area (Å²) >= 11 is 1.91. The zero-order chi connectivity index (χ0) is 18.8. The van der Waals surface area contributed by atoms with Gasteiger partial charge in [-0.05, 0) is 43.2 Å². The van der Waals surface area contributed by atoms with Crippen molar-refractivity contribution < 1.29 is 9.53 Å². The first kappa shape index (κ1) is 20.6. The average molecular weight is 379 g/mol. The molecule has 0 unspecified atom stereocenters. The van der Waals surface area contributed by atoms with Gasteiger partial charge in [0, 0.05) is 50.7 Å². The zero-order valence-electron chi connectivity index (χ0n) is 15.9. The number of hydrogen-bond donors (Lipinski definition) is 3. The summed E-state index contributed by atoms with van der Waals surface area (Å²) in [5, 5.41) is 9.47. The smallest absolute Gasteiger partial charge is 0.251 e. The summed E-state index contributed by atoms with van der Waals surface area (Å²) in [7, 11) is 3.43. The Morgan fingerprint density at radius 1 is 1.31 bits per heavy atom. The van der Waals surface area contributed by atoms with Crippen molar-refractivity contribution in [2.75, 3.05) is 46.7 Å². The third kappa shape index (κ3) is 5.92. The summed E-state index contributed by atoms with van der Waals surface area (Å²) in [6.45, 7) is 3.29. The molecule has 3 N–H and O–H groups in total. The molecule has 1 aromatic carbocycles. The van der Waals surface area contributed by atoms with Gasteiger partial charge in [-0.1, -0.05) is 12.1 Å². The predicted octanol–water partition coefficient (Wildman–Crippen LogP) is 1.67. The number of benzene rings is 1. The molecule has 0 spiro atoms. The fourth-order valence-corrected chi connectivity index (χ4v) is 3.79. The number of carbonyl (C=O) groups is 1. The molecule has 1 aliphatic heterocycles. The fraction of sp³-hybridized carbons (Fsp3) is 0.579. The topological polar surface area (TPSA) is 74.8 Å². The number of amides is 1. The van der Waals surface area contributed by atoms with E-state index in [0.29, 0.717) is 5.56 Å². The largest absolute Gasteiger partial charge is 0.381 e. The van der Waals surface area contributed by atoms with Crippen molar-refractivity contribution in [3.8, 4) is 0 Å². The third-order valence-electron chi connectivity index (χ3n) is 4.76. The molecule has 0 aliphatic carbocycles. The van der Waals surface area contributed by atoms with Crippen molar-refractivity contribution in [3.63, 3.8) is 0 Å². The van der Waals surface area contributed by atoms with E-state index >= 15 is 0 Å². The molecule has 1 aromatic rings. The van der Waals surface area contributed by atoms with E-state index in [-0.39, 0.29) is 10.7 Å². The molecule has 0 radical (unpaired) electrons. The molecule has 0 bridgehead atoms. The lowest BCUT2D eigenvalue weighted by Gasteiger charge is -2.36. The molecule has 144 valence electrons. The first-order valence-electron chi connectivity index (χ1n) is 9.01. The Labute approximate surface area is 160 Å². The zero-order valence-corrected chi connectivity index (χ0v) is 16.7. The number of carbonyl (C=O) groups excluding carboxylic acids is 1. The van der Waals surface area contributed by atoms with Gasteiger partial charge in [0.1, 0.15) is 0 Å². The highest BCUT2D eigenvalue weighted by Gasteiger charge is 2.31. The maximum atomic E-state index is 11.7. The van der Waals surface area contributed by atoms with Crippen molar-refractivity contribution in [2.24, 2.45) is 4.99 Å². The lowest BCUT2D eigenvalue weighted by molar-refractivity contribution is 0.0783. The molecule has 26 heavy (non-hydrogen) atoms. The van der Waals surface area contributed by atoms with E-state index in [4.69, 9.17) is 4.74 Å². The highest BCUT2D eigenvalue weighted by atomic mass is 32.2. The molecule has 7 heteroatoms. The van der Waals surface area contributed by atoms with Crippen molar-refractivity contribution in [1.82, 2.24) is 16.0 Å². The summed E-state index contributed by atoms with van der Waals surface area (Å²) in [5.41, 5.74) is 1.81. The van der Waals surface area contributed by atoms with Crippen molar-refractivity contribution in [1.29, 1.82) is 0 Å². The molecule has 1 aliphatic rings. The minimum absolute atomic E-state index is 0.0592. The maximum Gasteiger partial charge on any atom is 0.251 e. The molecule has 1 amide bonds. The van der Waals surface area contributed by atoms with E-state index in [1.165, 1.54) is 0 Å². The van der Waals surface area contributed by atoms with Crippen LogP contribution in [0, 0.1) is 0 Å². The Kier molecular flexibility index (Phi) is 8.25. The quantitative estimate of drug-likeness (QED) is 0.497. The van der Waals surface area contributed by atoms with E-state index in [1.807, 2.05) is 36.0 Å². The van der Waals surface area contributed by atoms with Gasteiger partial charge < -0.3 is 20.7 Å². The molecule has 0 aromatic heterocycles. The predicted molar refractivity (Wildman–Crippen MR) is 109 cm³/mol. The minimum Gasteiger partial charge on any atom is -0.381 e. The first-order valence-corrected chi connectivity index (χ1v) is 10.2. The summed E-state index contributed by atoms with van der Waals surface area (Å²) in [5.74, 6) is 0.753. The molecule has 0 atom stereocenters. The number of nitrogens with one attached hydrogen (secondary N) is 3. The lowest BCUT2D eigenvalue weighted by Crippen LogP contribution is -2.48. The van der Waals surface area contributed by atoms with Crippen LogP contribution in [0.2, 0.25) is 0 Å². The Morgan fingerprint density at radius 2 is 2.08 bits per heavy atom. The van der Waals surface area contributed by atoms with Crippen LogP contribution in [0.25, 0.3) is 0 Å². The van der Waals surface area contributed by atoms with Gasteiger partial charge in [-0.15, -0.1) is 0 Å². The van der Waals surface area contributed by atoms with E-state index in [9.17, 15) is 4.79 Å². The van der Waals surface area contributed by atoms with Crippen LogP contribution in [0.3, 0.4) is 0 Å². The van der Waals surface area contributed by atoms with E-state index in [2.05, 4.69) is 27.2 Å². The molecule has 1 heterocycles. The molecular weight excluding hydrogens is 348 g/mol. The summed E-state index contributed by atoms with van der Waals surface area (Å²) in [6.07, 6.45) is 5.12. The Balaban J connectivity index is 1.81. The van der Waals surface area contributed by atoms with Crippen molar-refractivity contribution in [3.05, 3.63) is 35.4 Å². The van der Waals surface area contributed by atoms with Crippen LogP contribution in [0.1, 0.15) is 28.8 Å². The second-order valence-electron chi connectivity index (χ2n) is 6.38. The SMILES string of the molecule is CN=C(NCCc1cccc(C(=O)NC)c1)NCC1(SC)CCOCC1. The fourth-order valence-electron chi connectivity index (χ4n) is 3.00. The van der Waals surface area contributed by atoms with Gasteiger partial charge in [-0.2, -0.15) is 11.8 Å². The van der Waals surface area contributed by atoms with Gasteiger partial charge >= 0.3 is 0 Å². The Morgan fingerprint density at radius 3 is 2.73 bits per heavy atom. The van der Waals surface area contributed by atoms with E-state index < -0.39 is 0 Å². The molecule has 1 saturated heterocycles. The van der Waals surface area contributed by atoms with Gasteiger partial charge in [0.15, 0.2) is 5.96 Å². The standard InChI is InChI=1S/C19H30N4O2S/c1-20-17(24)16-6-4-5-15(13-16)7-10-22-18(21-2)23-14-19(26-3)8-11-25-12-9-19/h4-6,13H,7-12,14H2,1-3H3,(H,20,24)(H2,21,22,23). The van der Waals surface area contributed by atoms with Crippen LogP contribution >= 0.6 is 11.8 Å². The number of thioether (sulfide) groups is 1. The Hall–Kier alpha value is -1.73. The molecule has 2 rings (SSSR count). The number of rotatable bonds is 7. The van der Waals surface area contributed by atoms with E-state index in [0.717, 1.165) is 57.1 Å².